The molecule has 2 rings (SSSR count). The summed E-state index contributed by atoms with van der Waals surface area (Å²) in [6.45, 7) is 7.00. The number of hydrogen-bond donors (Lipinski definition) is 2. The Hall–Kier alpha value is -0.960. The van der Waals surface area contributed by atoms with Crippen molar-refractivity contribution < 1.29 is 13.2 Å². The van der Waals surface area contributed by atoms with Gasteiger partial charge in [-0.2, -0.15) is 5.10 Å². The van der Waals surface area contributed by atoms with E-state index in [1.54, 1.807) is 18.5 Å². The molecule has 1 aliphatic carbocycles. The van der Waals surface area contributed by atoms with E-state index in [-0.39, 0.29) is 17.0 Å². The summed E-state index contributed by atoms with van der Waals surface area (Å²) >= 11 is 0. The largest absolute Gasteiger partial charge is 0.378 e. The van der Waals surface area contributed by atoms with Gasteiger partial charge in [-0.05, 0) is 33.6 Å². The number of nitrogens with two attached hydrogens (primary N) is 1. The molecular formula is C13H24N4O3S. The van der Waals surface area contributed by atoms with Crippen LogP contribution in [0.4, 0.5) is 0 Å². The Morgan fingerprint density at radius 2 is 2.10 bits per heavy atom. The van der Waals surface area contributed by atoms with Gasteiger partial charge in [0.15, 0.2) is 0 Å². The molecule has 0 radical (unpaired) electrons. The molecule has 120 valence electrons. The normalized spacial score (nSPS) is 22.3. The molecule has 1 aromatic rings. The number of aromatic nitrogens is 2. The van der Waals surface area contributed by atoms with Gasteiger partial charge in [0.25, 0.3) is 0 Å². The molecule has 0 spiro atoms. The van der Waals surface area contributed by atoms with Crippen LogP contribution in [0.15, 0.2) is 4.90 Å². The third-order valence-corrected chi connectivity index (χ3v) is 5.52. The Kier molecular flexibility index (Phi) is 5.03. The fourth-order valence-electron chi connectivity index (χ4n) is 2.72. The maximum atomic E-state index is 12.5. The van der Waals surface area contributed by atoms with Crippen LogP contribution in [-0.2, 0) is 21.3 Å². The molecule has 0 saturated heterocycles. The molecule has 0 bridgehead atoms. The zero-order chi connectivity index (χ0) is 15.6. The SMILES string of the molecule is CCOC1CC(NS(=O)(=O)c2c(C)nn(CCN)c2C)C1. The van der Waals surface area contributed by atoms with E-state index in [2.05, 4.69) is 9.82 Å². The van der Waals surface area contributed by atoms with E-state index in [4.69, 9.17) is 10.5 Å². The van der Waals surface area contributed by atoms with Crippen LogP contribution >= 0.6 is 0 Å². The molecule has 1 saturated carbocycles. The minimum Gasteiger partial charge on any atom is -0.378 e. The topological polar surface area (TPSA) is 99.2 Å². The molecule has 1 aromatic heterocycles. The van der Waals surface area contributed by atoms with Crippen molar-refractivity contribution >= 4 is 10.0 Å². The summed E-state index contributed by atoms with van der Waals surface area (Å²) in [5.74, 6) is 0. The minimum absolute atomic E-state index is 0.0526. The third kappa shape index (κ3) is 3.45. The number of sulfonamides is 1. The maximum absolute atomic E-state index is 12.5. The van der Waals surface area contributed by atoms with Gasteiger partial charge in [0, 0.05) is 19.2 Å². The van der Waals surface area contributed by atoms with Crippen molar-refractivity contribution in [2.45, 2.75) is 57.2 Å². The fourth-order valence-corrected chi connectivity index (χ4v) is 4.39. The standard InChI is InChI=1S/C13H24N4O3S/c1-4-20-12-7-11(8-12)16-21(18,19)13-9(2)15-17(6-5-14)10(13)3/h11-12,16H,4-8,14H2,1-3H3. The van der Waals surface area contributed by atoms with Crippen LogP contribution in [0, 0.1) is 13.8 Å². The van der Waals surface area contributed by atoms with Crippen molar-refractivity contribution in [3.63, 3.8) is 0 Å². The van der Waals surface area contributed by atoms with Gasteiger partial charge in [-0.3, -0.25) is 4.68 Å². The first-order chi connectivity index (χ1) is 9.89. The van der Waals surface area contributed by atoms with E-state index in [1.807, 2.05) is 6.92 Å². The van der Waals surface area contributed by atoms with Gasteiger partial charge in [0.2, 0.25) is 10.0 Å². The minimum atomic E-state index is -3.55. The van der Waals surface area contributed by atoms with Crippen molar-refractivity contribution in [2.24, 2.45) is 5.73 Å². The van der Waals surface area contributed by atoms with Crippen molar-refractivity contribution in [1.29, 1.82) is 0 Å². The zero-order valence-electron chi connectivity index (χ0n) is 12.8. The van der Waals surface area contributed by atoms with Gasteiger partial charge in [-0.15, -0.1) is 0 Å². The lowest BCUT2D eigenvalue weighted by molar-refractivity contribution is -0.00476. The van der Waals surface area contributed by atoms with Crippen LogP contribution in [0.1, 0.15) is 31.2 Å². The Morgan fingerprint density at radius 1 is 1.43 bits per heavy atom. The molecular weight excluding hydrogens is 292 g/mol. The van der Waals surface area contributed by atoms with E-state index in [0.717, 1.165) is 12.8 Å². The lowest BCUT2D eigenvalue weighted by atomic mass is 9.90. The Morgan fingerprint density at radius 3 is 2.67 bits per heavy atom. The zero-order valence-corrected chi connectivity index (χ0v) is 13.6. The highest BCUT2D eigenvalue weighted by Gasteiger charge is 2.35. The van der Waals surface area contributed by atoms with Crippen molar-refractivity contribution in [2.75, 3.05) is 13.2 Å². The quantitative estimate of drug-likeness (QED) is 0.754. The molecule has 1 fully saturated rings. The fraction of sp³-hybridized carbons (Fsp3) is 0.769. The van der Waals surface area contributed by atoms with Gasteiger partial charge in [0.05, 0.1) is 24.0 Å². The third-order valence-electron chi connectivity index (χ3n) is 3.74. The van der Waals surface area contributed by atoms with Crippen molar-refractivity contribution in [1.82, 2.24) is 14.5 Å². The summed E-state index contributed by atoms with van der Waals surface area (Å²) < 4.78 is 34.9. The lowest BCUT2D eigenvalue weighted by Gasteiger charge is -2.35. The first kappa shape index (κ1) is 16.4. The average molecular weight is 316 g/mol. The van der Waals surface area contributed by atoms with Gasteiger partial charge in [0.1, 0.15) is 4.90 Å². The molecule has 0 aromatic carbocycles. The highest BCUT2D eigenvalue weighted by molar-refractivity contribution is 7.89. The van der Waals surface area contributed by atoms with Gasteiger partial charge >= 0.3 is 0 Å². The predicted octanol–water partition coefficient (Wildman–Crippen LogP) is 0.304. The number of hydrogen-bond acceptors (Lipinski definition) is 5. The van der Waals surface area contributed by atoms with Crippen molar-refractivity contribution in [3.8, 4) is 0 Å². The summed E-state index contributed by atoms with van der Waals surface area (Å²) in [6, 6.07) is -0.0526. The van der Waals surface area contributed by atoms with Crippen LogP contribution in [0.3, 0.4) is 0 Å². The molecule has 0 atom stereocenters. The van der Waals surface area contributed by atoms with Gasteiger partial charge in [-0.25, -0.2) is 13.1 Å². The Labute approximate surface area is 125 Å². The smallest absolute Gasteiger partial charge is 0.244 e. The van der Waals surface area contributed by atoms with E-state index in [0.29, 0.717) is 31.1 Å². The summed E-state index contributed by atoms with van der Waals surface area (Å²) in [5.41, 5.74) is 6.65. The van der Waals surface area contributed by atoms with Crippen molar-refractivity contribution in [3.05, 3.63) is 11.4 Å². The number of nitrogens with zero attached hydrogens (tertiary/aromatic N) is 2. The van der Waals surface area contributed by atoms with Gasteiger partial charge < -0.3 is 10.5 Å². The Bertz CT molecular complexity index is 591. The molecule has 1 heterocycles. The predicted molar refractivity (Wildman–Crippen MR) is 79.5 cm³/mol. The number of ether oxygens (including phenoxy) is 1. The first-order valence-corrected chi connectivity index (χ1v) is 8.75. The molecule has 1 aliphatic rings. The second-order valence-corrected chi connectivity index (χ2v) is 7.03. The van der Waals surface area contributed by atoms with Crippen LogP contribution in [0.5, 0.6) is 0 Å². The van der Waals surface area contributed by atoms with Crippen LogP contribution in [-0.4, -0.2) is 43.5 Å². The lowest BCUT2D eigenvalue weighted by Crippen LogP contribution is -2.47. The van der Waals surface area contributed by atoms with E-state index < -0.39 is 10.0 Å². The number of aryl methyl sites for hydroxylation is 1. The molecule has 0 unspecified atom stereocenters. The average Bonchev–Trinajstić information content (AvgIpc) is 2.63. The summed E-state index contributed by atoms with van der Waals surface area (Å²) in [4.78, 5) is 0.274. The second kappa shape index (κ2) is 6.43. The summed E-state index contributed by atoms with van der Waals surface area (Å²) in [7, 11) is -3.55. The molecule has 0 aliphatic heterocycles. The van der Waals surface area contributed by atoms with Crippen LogP contribution in [0.25, 0.3) is 0 Å². The first-order valence-electron chi connectivity index (χ1n) is 7.27. The monoisotopic (exact) mass is 316 g/mol. The maximum Gasteiger partial charge on any atom is 0.244 e. The highest BCUT2D eigenvalue weighted by atomic mass is 32.2. The van der Waals surface area contributed by atoms with Gasteiger partial charge in [-0.1, -0.05) is 0 Å². The number of rotatable bonds is 7. The summed E-state index contributed by atoms with van der Waals surface area (Å²) in [5, 5.41) is 4.25. The van der Waals surface area contributed by atoms with E-state index >= 15 is 0 Å². The highest BCUT2D eigenvalue weighted by Crippen LogP contribution is 2.26. The molecule has 7 nitrogen and oxygen atoms in total. The number of nitrogens with one attached hydrogen (secondary N) is 1. The summed E-state index contributed by atoms with van der Waals surface area (Å²) in [6.07, 6.45) is 1.62. The van der Waals surface area contributed by atoms with Crippen LogP contribution in [0.2, 0.25) is 0 Å². The van der Waals surface area contributed by atoms with E-state index in [1.165, 1.54) is 0 Å². The molecule has 8 heteroatoms. The van der Waals surface area contributed by atoms with E-state index in [9.17, 15) is 8.42 Å². The van der Waals surface area contributed by atoms with Crippen LogP contribution < -0.4 is 10.5 Å². The Balaban J connectivity index is 2.10. The molecule has 0 amide bonds. The molecule has 3 N–H and O–H groups in total. The molecule has 21 heavy (non-hydrogen) atoms. The second-order valence-electron chi connectivity index (χ2n) is 5.38.